The first-order valence-corrected chi connectivity index (χ1v) is 7.61. The Hall–Kier alpha value is -1.03. The van der Waals surface area contributed by atoms with Crippen molar-refractivity contribution in [2.75, 3.05) is 5.32 Å². The van der Waals surface area contributed by atoms with Crippen LogP contribution in [0, 0.1) is 0 Å². The second-order valence-corrected chi connectivity index (χ2v) is 5.97. The Labute approximate surface area is 124 Å². The van der Waals surface area contributed by atoms with Crippen molar-refractivity contribution in [2.45, 2.75) is 51.5 Å². The van der Waals surface area contributed by atoms with Crippen LogP contribution in [0.25, 0.3) is 0 Å². The minimum Gasteiger partial charge on any atom is -0.371 e. The standard InChI is InChI=1S/C15H23BrN2O/c1-3-4-5-8-11-15(2,14(17)19)18-13-10-7-6-9-12(13)16/h6-7,9-10,18H,3-5,8,11H2,1-2H3,(H2,17,19). The zero-order chi connectivity index (χ0) is 14.3. The number of para-hydroxylation sites is 1. The molecule has 1 unspecified atom stereocenters. The Bertz CT molecular complexity index is 422. The number of halogens is 1. The Morgan fingerprint density at radius 2 is 2.00 bits per heavy atom. The topological polar surface area (TPSA) is 55.1 Å². The summed E-state index contributed by atoms with van der Waals surface area (Å²) in [4.78, 5) is 11.7. The van der Waals surface area contributed by atoms with Gasteiger partial charge < -0.3 is 11.1 Å². The largest absolute Gasteiger partial charge is 0.371 e. The fourth-order valence-corrected chi connectivity index (χ4v) is 2.40. The summed E-state index contributed by atoms with van der Waals surface area (Å²) in [6.07, 6.45) is 5.28. The first-order valence-electron chi connectivity index (χ1n) is 6.82. The fraction of sp³-hybridized carbons (Fsp3) is 0.533. The highest BCUT2D eigenvalue weighted by Gasteiger charge is 2.30. The third-order valence-corrected chi connectivity index (χ3v) is 4.05. The van der Waals surface area contributed by atoms with E-state index >= 15 is 0 Å². The van der Waals surface area contributed by atoms with Crippen LogP contribution in [0.5, 0.6) is 0 Å². The molecule has 0 heterocycles. The van der Waals surface area contributed by atoms with E-state index in [1.165, 1.54) is 12.8 Å². The van der Waals surface area contributed by atoms with Crippen LogP contribution in [0.1, 0.15) is 46.0 Å². The Balaban J connectivity index is 2.71. The lowest BCUT2D eigenvalue weighted by Gasteiger charge is -2.29. The van der Waals surface area contributed by atoms with E-state index in [2.05, 4.69) is 28.2 Å². The highest BCUT2D eigenvalue weighted by molar-refractivity contribution is 9.10. The van der Waals surface area contributed by atoms with Gasteiger partial charge in [-0.1, -0.05) is 44.7 Å². The van der Waals surface area contributed by atoms with Crippen LogP contribution in [0.4, 0.5) is 5.69 Å². The van der Waals surface area contributed by atoms with E-state index in [0.29, 0.717) is 0 Å². The molecule has 1 atom stereocenters. The van der Waals surface area contributed by atoms with Crippen molar-refractivity contribution in [1.29, 1.82) is 0 Å². The molecule has 3 N–H and O–H groups in total. The number of unbranched alkanes of at least 4 members (excludes halogenated alkanes) is 3. The van der Waals surface area contributed by atoms with E-state index in [1.807, 2.05) is 31.2 Å². The summed E-state index contributed by atoms with van der Waals surface area (Å²) in [5.74, 6) is -0.306. The fourth-order valence-electron chi connectivity index (χ4n) is 2.01. The van der Waals surface area contributed by atoms with Crippen molar-refractivity contribution < 1.29 is 4.79 Å². The maximum absolute atomic E-state index is 11.7. The molecule has 1 amide bonds. The van der Waals surface area contributed by atoms with Crippen molar-refractivity contribution in [3.8, 4) is 0 Å². The van der Waals surface area contributed by atoms with Gasteiger partial charge in [-0.3, -0.25) is 4.79 Å². The lowest BCUT2D eigenvalue weighted by Crippen LogP contribution is -2.47. The SMILES string of the molecule is CCCCCCC(C)(Nc1ccccc1Br)C(N)=O. The van der Waals surface area contributed by atoms with Crippen molar-refractivity contribution in [1.82, 2.24) is 0 Å². The Morgan fingerprint density at radius 1 is 1.32 bits per heavy atom. The van der Waals surface area contributed by atoms with Gasteiger partial charge >= 0.3 is 0 Å². The van der Waals surface area contributed by atoms with Gasteiger partial charge in [0.1, 0.15) is 5.54 Å². The van der Waals surface area contributed by atoms with E-state index in [0.717, 1.165) is 29.4 Å². The summed E-state index contributed by atoms with van der Waals surface area (Å²) < 4.78 is 0.941. The molecule has 1 aromatic rings. The first kappa shape index (κ1) is 16.0. The summed E-state index contributed by atoms with van der Waals surface area (Å²) in [7, 11) is 0. The molecule has 0 spiro atoms. The number of carbonyl (C=O) groups is 1. The van der Waals surface area contributed by atoms with Gasteiger partial charge in [-0.2, -0.15) is 0 Å². The van der Waals surface area contributed by atoms with Crippen LogP contribution in [-0.2, 0) is 4.79 Å². The first-order chi connectivity index (χ1) is 8.99. The molecule has 3 nitrogen and oxygen atoms in total. The lowest BCUT2D eigenvalue weighted by molar-refractivity contribution is -0.122. The number of rotatable bonds is 8. The number of hydrogen-bond acceptors (Lipinski definition) is 2. The summed E-state index contributed by atoms with van der Waals surface area (Å²) in [6, 6.07) is 7.77. The number of anilines is 1. The molecule has 106 valence electrons. The number of primary amides is 1. The highest BCUT2D eigenvalue weighted by Crippen LogP contribution is 2.27. The smallest absolute Gasteiger partial charge is 0.242 e. The lowest BCUT2D eigenvalue weighted by atomic mass is 9.93. The highest BCUT2D eigenvalue weighted by atomic mass is 79.9. The quantitative estimate of drug-likeness (QED) is 0.707. The average molecular weight is 327 g/mol. The van der Waals surface area contributed by atoms with Crippen LogP contribution in [0.2, 0.25) is 0 Å². The van der Waals surface area contributed by atoms with Crippen LogP contribution < -0.4 is 11.1 Å². The molecule has 19 heavy (non-hydrogen) atoms. The minimum atomic E-state index is -0.697. The third-order valence-electron chi connectivity index (χ3n) is 3.36. The van der Waals surface area contributed by atoms with Crippen molar-refractivity contribution in [3.63, 3.8) is 0 Å². The number of amides is 1. The van der Waals surface area contributed by atoms with Gasteiger partial charge in [0.15, 0.2) is 0 Å². The van der Waals surface area contributed by atoms with Gasteiger partial charge in [0.2, 0.25) is 5.91 Å². The Morgan fingerprint density at radius 3 is 2.58 bits per heavy atom. The van der Waals surface area contributed by atoms with Crippen molar-refractivity contribution in [2.24, 2.45) is 5.73 Å². The maximum atomic E-state index is 11.7. The Kier molecular flexibility index (Phi) is 6.35. The van der Waals surface area contributed by atoms with E-state index in [9.17, 15) is 4.79 Å². The van der Waals surface area contributed by atoms with Gasteiger partial charge in [0.05, 0.1) is 0 Å². The molecule has 0 aliphatic carbocycles. The van der Waals surface area contributed by atoms with E-state index in [1.54, 1.807) is 0 Å². The molecule has 0 aliphatic heterocycles. The summed E-state index contributed by atoms with van der Waals surface area (Å²) in [6.45, 7) is 4.05. The molecule has 1 rings (SSSR count). The molecule has 1 aromatic carbocycles. The van der Waals surface area contributed by atoms with Gasteiger partial charge in [-0.15, -0.1) is 0 Å². The predicted molar refractivity (Wildman–Crippen MR) is 84.1 cm³/mol. The number of carbonyl (C=O) groups excluding carboxylic acids is 1. The van der Waals surface area contributed by atoms with E-state index in [4.69, 9.17) is 5.73 Å². The summed E-state index contributed by atoms with van der Waals surface area (Å²) in [5.41, 5.74) is 5.77. The van der Waals surface area contributed by atoms with Crippen LogP contribution in [0.15, 0.2) is 28.7 Å². The molecule has 0 saturated carbocycles. The van der Waals surface area contributed by atoms with Gasteiger partial charge in [0, 0.05) is 10.2 Å². The number of benzene rings is 1. The molecular formula is C15H23BrN2O. The van der Waals surface area contributed by atoms with Crippen molar-refractivity contribution in [3.05, 3.63) is 28.7 Å². The van der Waals surface area contributed by atoms with E-state index in [-0.39, 0.29) is 5.91 Å². The second-order valence-electron chi connectivity index (χ2n) is 5.11. The predicted octanol–water partition coefficient (Wildman–Crippen LogP) is 4.08. The van der Waals surface area contributed by atoms with Gasteiger partial charge in [0.25, 0.3) is 0 Å². The van der Waals surface area contributed by atoms with E-state index < -0.39 is 5.54 Å². The molecule has 0 aromatic heterocycles. The monoisotopic (exact) mass is 326 g/mol. The zero-order valence-corrected chi connectivity index (χ0v) is 13.3. The average Bonchev–Trinajstić information content (AvgIpc) is 2.37. The molecular weight excluding hydrogens is 304 g/mol. The molecule has 4 heteroatoms. The molecule has 0 saturated heterocycles. The molecule has 0 fully saturated rings. The molecule has 0 aliphatic rings. The zero-order valence-electron chi connectivity index (χ0n) is 11.7. The molecule has 0 radical (unpaired) electrons. The van der Waals surface area contributed by atoms with Gasteiger partial charge in [-0.05, 0) is 41.4 Å². The third kappa shape index (κ3) is 4.86. The molecule has 0 bridgehead atoms. The normalized spacial score (nSPS) is 13.8. The summed E-state index contributed by atoms with van der Waals surface area (Å²) in [5, 5.41) is 3.28. The number of nitrogens with two attached hydrogens (primary N) is 1. The van der Waals surface area contributed by atoms with Crippen molar-refractivity contribution >= 4 is 27.5 Å². The van der Waals surface area contributed by atoms with Crippen LogP contribution in [0.3, 0.4) is 0 Å². The maximum Gasteiger partial charge on any atom is 0.242 e. The van der Waals surface area contributed by atoms with Crippen LogP contribution in [-0.4, -0.2) is 11.4 Å². The number of hydrogen-bond donors (Lipinski definition) is 2. The van der Waals surface area contributed by atoms with Gasteiger partial charge in [-0.25, -0.2) is 0 Å². The second kappa shape index (κ2) is 7.53. The number of nitrogens with one attached hydrogen (secondary N) is 1. The summed E-state index contributed by atoms with van der Waals surface area (Å²) >= 11 is 3.48. The minimum absolute atomic E-state index is 0.306. The van der Waals surface area contributed by atoms with Crippen LogP contribution >= 0.6 is 15.9 Å².